The number of likely N-dealkylation sites (tertiary alicyclic amines) is 1. The zero-order chi connectivity index (χ0) is 24.1. The molecule has 2 aromatic heterocycles. The van der Waals surface area contributed by atoms with Crippen LogP contribution in [-0.4, -0.2) is 64.0 Å². The van der Waals surface area contributed by atoms with Gasteiger partial charge >= 0.3 is 0 Å². The standard InChI is InChI=1S/C25H35N7O2/c1-17(22(15-27)34-12-11-31-9-5-6-10-31)18(2)29-25-28-16-20-13-19(14-26)24(33)32(23(20)30-25)21-7-3-4-8-21/h13,15-18,21-22,27H,3-12H2,1-2H3,(H,28,29,30)/t17-,18-,22?/m0/s1. The zero-order valence-corrected chi connectivity index (χ0v) is 20.2. The first-order valence-electron chi connectivity index (χ1n) is 12.4. The predicted molar refractivity (Wildman–Crippen MR) is 132 cm³/mol. The molecule has 3 heterocycles. The van der Waals surface area contributed by atoms with Crippen molar-refractivity contribution in [1.29, 1.82) is 10.7 Å². The van der Waals surface area contributed by atoms with E-state index in [1.165, 1.54) is 19.1 Å². The molecule has 0 amide bonds. The fourth-order valence-electron chi connectivity index (χ4n) is 5.07. The summed E-state index contributed by atoms with van der Waals surface area (Å²) in [6, 6.07) is 3.61. The van der Waals surface area contributed by atoms with E-state index in [0.717, 1.165) is 45.3 Å². The van der Waals surface area contributed by atoms with Crippen LogP contribution in [0.5, 0.6) is 0 Å². The van der Waals surface area contributed by atoms with Crippen molar-refractivity contribution >= 4 is 23.2 Å². The normalized spacial score (nSPS) is 19.7. The molecule has 2 aliphatic rings. The molecule has 2 N–H and O–H groups in total. The predicted octanol–water partition coefficient (Wildman–Crippen LogP) is 3.35. The van der Waals surface area contributed by atoms with Gasteiger partial charge in [0.1, 0.15) is 17.3 Å². The molecule has 0 aromatic carbocycles. The third-order valence-corrected chi connectivity index (χ3v) is 7.33. The molecule has 182 valence electrons. The first kappa shape index (κ1) is 24.3. The van der Waals surface area contributed by atoms with Crippen molar-refractivity contribution in [3.8, 4) is 6.07 Å². The van der Waals surface area contributed by atoms with Gasteiger partial charge in [0.05, 0.1) is 12.7 Å². The number of hydrogen-bond acceptors (Lipinski definition) is 8. The molecule has 2 fully saturated rings. The summed E-state index contributed by atoms with van der Waals surface area (Å²) in [5.74, 6) is 0.455. The summed E-state index contributed by atoms with van der Waals surface area (Å²) in [7, 11) is 0. The number of anilines is 1. The van der Waals surface area contributed by atoms with Crippen LogP contribution in [0.1, 0.15) is 64.0 Å². The Kier molecular flexibility index (Phi) is 7.91. The van der Waals surface area contributed by atoms with Crippen LogP contribution >= 0.6 is 0 Å². The molecule has 4 rings (SSSR count). The average molecular weight is 466 g/mol. The van der Waals surface area contributed by atoms with Crippen molar-refractivity contribution < 1.29 is 4.74 Å². The molecule has 9 nitrogen and oxygen atoms in total. The van der Waals surface area contributed by atoms with E-state index in [1.807, 2.05) is 13.0 Å². The summed E-state index contributed by atoms with van der Waals surface area (Å²) >= 11 is 0. The maximum Gasteiger partial charge on any atom is 0.270 e. The van der Waals surface area contributed by atoms with Crippen LogP contribution in [0.3, 0.4) is 0 Å². The Hall–Kier alpha value is -2.83. The molecule has 3 atom stereocenters. The van der Waals surface area contributed by atoms with Gasteiger partial charge < -0.3 is 20.4 Å². The molecule has 1 aliphatic heterocycles. The molecule has 1 saturated carbocycles. The minimum atomic E-state index is -0.305. The number of aromatic nitrogens is 3. The van der Waals surface area contributed by atoms with Crippen LogP contribution < -0.4 is 10.9 Å². The molecule has 0 spiro atoms. The SMILES string of the molecule is C[C@H](Nc1ncc2cc(C#N)c(=O)n(C3CCCC3)c2n1)[C@H](C)C(C=N)OCCN1CCCC1. The topological polar surface area (TPSA) is 120 Å². The molecule has 1 unspecified atom stereocenters. The molecular formula is C25H35N7O2. The van der Waals surface area contributed by atoms with Crippen LogP contribution in [0.2, 0.25) is 0 Å². The molecule has 2 aromatic rings. The van der Waals surface area contributed by atoms with E-state index < -0.39 is 0 Å². The fourth-order valence-corrected chi connectivity index (χ4v) is 5.07. The Morgan fingerprint density at radius 1 is 1.29 bits per heavy atom. The maximum atomic E-state index is 13.0. The van der Waals surface area contributed by atoms with Crippen molar-refractivity contribution in [2.24, 2.45) is 5.92 Å². The van der Waals surface area contributed by atoms with Crippen molar-refractivity contribution in [3.63, 3.8) is 0 Å². The van der Waals surface area contributed by atoms with Gasteiger partial charge in [-0.15, -0.1) is 0 Å². The highest BCUT2D eigenvalue weighted by molar-refractivity contribution is 5.77. The summed E-state index contributed by atoms with van der Waals surface area (Å²) in [6.45, 7) is 7.86. The van der Waals surface area contributed by atoms with Crippen LogP contribution in [-0.2, 0) is 4.74 Å². The molecule has 0 bridgehead atoms. The van der Waals surface area contributed by atoms with E-state index in [0.29, 0.717) is 23.6 Å². The van der Waals surface area contributed by atoms with Gasteiger partial charge in [0.2, 0.25) is 5.95 Å². The Labute approximate surface area is 200 Å². The van der Waals surface area contributed by atoms with Gasteiger partial charge in [-0.3, -0.25) is 9.36 Å². The van der Waals surface area contributed by atoms with E-state index in [-0.39, 0.29) is 35.2 Å². The highest BCUT2D eigenvalue weighted by Crippen LogP contribution is 2.30. The molecular weight excluding hydrogens is 430 g/mol. The number of nitrogens with one attached hydrogen (secondary N) is 2. The Morgan fingerprint density at radius 2 is 2.03 bits per heavy atom. The van der Waals surface area contributed by atoms with E-state index in [1.54, 1.807) is 16.8 Å². The number of nitriles is 1. The minimum absolute atomic E-state index is 0.0216. The largest absolute Gasteiger partial charge is 0.371 e. The van der Waals surface area contributed by atoms with E-state index in [2.05, 4.69) is 22.1 Å². The summed E-state index contributed by atoms with van der Waals surface area (Å²) in [6.07, 6.45) is 9.22. The summed E-state index contributed by atoms with van der Waals surface area (Å²) in [5.41, 5.74) is 0.424. The lowest BCUT2D eigenvalue weighted by molar-refractivity contribution is 0.0489. The van der Waals surface area contributed by atoms with Crippen molar-refractivity contribution in [1.82, 2.24) is 19.4 Å². The Morgan fingerprint density at radius 3 is 2.71 bits per heavy atom. The lowest BCUT2D eigenvalue weighted by Gasteiger charge is -2.28. The zero-order valence-electron chi connectivity index (χ0n) is 20.2. The maximum absolute atomic E-state index is 13.0. The lowest BCUT2D eigenvalue weighted by Crippen LogP contribution is -2.37. The van der Waals surface area contributed by atoms with Crippen molar-refractivity contribution in [2.45, 2.75) is 70.6 Å². The number of fused-ring (bicyclic) bond motifs is 1. The molecule has 34 heavy (non-hydrogen) atoms. The van der Waals surface area contributed by atoms with Crippen LogP contribution in [0, 0.1) is 22.7 Å². The second-order valence-electron chi connectivity index (χ2n) is 9.60. The second-order valence-corrected chi connectivity index (χ2v) is 9.60. The summed E-state index contributed by atoms with van der Waals surface area (Å²) in [5, 5.41) is 21.3. The van der Waals surface area contributed by atoms with E-state index in [9.17, 15) is 10.1 Å². The van der Waals surface area contributed by atoms with E-state index in [4.69, 9.17) is 15.1 Å². The van der Waals surface area contributed by atoms with Gasteiger partial charge in [-0.1, -0.05) is 19.8 Å². The Bertz CT molecular complexity index is 1100. The first-order valence-corrected chi connectivity index (χ1v) is 12.4. The number of hydrogen-bond donors (Lipinski definition) is 2. The third-order valence-electron chi connectivity index (χ3n) is 7.33. The van der Waals surface area contributed by atoms with Crippen molar-refractivity contribution in [3.05, 3.63) is 28.2 Å². The molecule has 1 aliphatic carbocycles. The quantitative estimate of drug-likeness (QED) is 0.516. The van der Waals surface area contributed by atoms with Gasteiger partial charge in [-0.05, 0) is 51.8 Å². The highest BCUT2D eigenvalue weighted by Gasteiger charge is 2.25. The van der Waals surface area contributed by atoms with Gasteiger partial charge in [0.25, 0.3) is 5.56 Å². The highest BCUT2D eigenvalue weighted by atomic mass is 16.5. The van der Waals surface area contributed by atoms with Crippen LogP contribution in [0.15, 0.2) is 17.1 Å². The van der Waals surface area contributed by atoms with Gasteiger partial charge in [0, 0.05) is 42.3 Å². The lowest BCUT2D eigenvalue weighted by atomic mass is 9.97. The summed E-state index contributed by atoms with van der Waals surface area (Å²) in [4.78, 5) is 24.5. The fraction of sp³-hybridized carbons (Fsp3) is 0.640. The molecule has 1 saturated heterocycles. The smallest absolute Gasteiger partial charge is 0.270 e. The number of ether oxygens (including phenoxy) is 1. The molecule has 0 radical (unpaired) electrons. The molecule has 9 heteroatoms. The monoisotopic (exact) mass is 465 g/mol. The second kappa shape index (κ2) is 11.1. The Balaban J connectivity index is 1.49. The van der Waals surface area contributed by atoms with Crippen molar-refractivity contribution in [2.75, 3.05) is 31.6 Å². The van der Waals surface area contributed by atoms with E-state index >= 15 is 0 Å². The minimum Gasteiger partial charge on any atom is -0.371 e. The van der Waals surface area contributed by atoms with Gasteiger partial charge in [0.15, 0.2) is 0 Å². The van der Waals surface area contributed by atoms with Gasteiger partial charge in [-0.2, -0.15) is 10.2 Å². The number of nitrogens with zero attached hydrogens (tertiary/aromatic N) is 5. The summed E-state index contributed by atoms with van der Waals surface area (Å²) < 4.78 is 7.73. The number of rotatable bonds is 10. The first-order chi connectivity index (χ1) is 16.5. The van der Waals surface area contributed by atoms with Crippen LogP contribution in [0.25, 0.3) is 11.0 Å². The number of pyridine rings is 1. The third kappa shape index (κ3) is 5.29. The average Bonchev–Trinajstić information content (AvgIpc) is 3.56. The van der Waals surface area contributed by atoms with Gasteiger partial charge in [-0.25, -0.2) is 4.98 Å². The van der Waals surface area contributed by atoms with Crippen LogP contribution in [0.4, 0.5) is 5.95 Å².